The minimum Gasteiger partial charge on any atom is -0.363 e. The number of hydrogen-bond donors (Lipinski definition) is 2. The van der Waals surface area contributed by atoms with Gasteiger partial charge in [-0.3, -0.25) is 9.59 Å². The Hall–Kier alpha value is -3.65. The highest BCUT2D eigenvalue weighted by Gasteiger charge is 2.39. The summed E-state index contributed by atoms with van der Waals surface area (Å²) in [6, 6.07) is 1.50. The maximum Gasteiger partial charge on any atom is 0.437 e. The topological polar surface area (TPSA) is 114 Å². The number of fused-ring (bicyclic) bond motifs is 1. The molecule has 0 aliphatic rings. The molecule has 0 bridgehead atoms. The van der Waals surface area contributed by atoms with Crippen LogP contribution in [0.2, 0.25) is 0 Å². The zero-order valence-electron chi connectivity index (χ0n) is 15.9. The first-order chi connectivity index (χ1) is 14.9. The van der Waals surface area contributed by atoms with Crippen molar-refractivity contribution in [3.8, 4) is 0 Å². The predicted molar refractivity (Wildman–Crippen MR) is 92.8 cm³/mol. The molecular weight excluding hydrogens is 450 g/mol. The maximum atomic E-state index is 12.8. The van der Waals surface area contributed by atoms with Crippen molar-refractivity contribution < 1.29 is 40.5 Å². The first-order valence-corrected chi connectivity index (χ1v) is 8.89. The molecule has 0 fully saturated rings. The van der Waals surface area contributed by atoms with E-state index in [9.17, 15) is 35.9 Å². The van der Waals surface area contributed by atoms with Crippen LogP contribution in [-0.4, -0.2) is 37.7 Å². The molecule has 0 atom stereocenters. The number of alkyl halides is 6. The van der Waals surface area contributed by atoms with Crippen LogP contribution >= 0.6 is 0 Å². The summed E-state index contributed by atoms with van der Waals surface area (Å²) in [5.74, 6) is -1.84. The fourth-order valence-corrected chi connectivity index (χ4v) is 2.56. The van der Waals surface area contributed by atoms with Crippen molar-refractivity contribution in [3.63, 3.8) is 0 Å². The fraction of sp³-hybridized carbons (Fsp3) is 0.353. The number of nitrogens with zero attached hydrogens (tertiary/aromatic N) is 4. The summed E-state index contributed by atoms with van der Waals surface area (Å²) in [4.78, 5) is 27.7. The maximum absolute atomic E-state index is 12.8. The van der Waals surface area contributed by atoms with E-state index in [0.717, 1.165) is 0 Å². The molecule has 3 aromatic heterocycles. The Kier molecular flexibility index (Phi) is 6.36. The number of aromatic nitrogens is 4. The Morgan fingerprint density at radius 2 is 1.84 bits per heavy atom. The lowest BCUT2D eigenvalue weighted by molar-refractivity contribution is -0.144. The number of rotatable bonds is 7. The molecule has 172 valence electrons. The quantitative estimate of drug-likeness (QED) is 0.520. The van der Waals surface area contributed by atoms with Crippen molar-refractivity contribution in [3.05, 3.63) is 47.2 Å². The van der Waals surface area contributed by atoms with Crippen LogP contribution in [0.25, 0.3) is 5.65 Å². The lowest BCUT2D eigenvalue weighted by Gasteiger charge is -2.07. The Labute approximate surface area is 174 Å². The molecule has 15 heteroatoms. The standard InChI is InChI=1S/C17H14F6N6O3/c18-16(19,20)2-1-13(30)24-4-9-3-12-27-10(7-29(12)26-5-9)6-25-15(31)11-8-32-28-14(11)17(21,22)23/h3,5,7-8H,1-2,4,6H2,(H,24,30)(H,25,31). The molecule has 3 aromatic rings. The summed E-state index contributed by atoms with van der Waals surface area (Å²) < 4.78 is 80.3. The summed E-state index contributed by atoms with van der Waals surface area (Å²) in [7, 11) is 0. The number of imidazole rings is 1. The van der Waals surface area contributed by atoms with E-state index < -0.39 is 48.3 Å². The van der Waals surface area contributed by atoms with E-state index in [2.05, 4.69) is 30.4 Å². The van der Waals surface area contributed by atoms with E-state index in [0.29, 0.717) is 11.8 Å². The normalized spacial score (nSPS) is 12.2. The van der Waals surface area contributed by atoms with E-state index in [4.69, 9.17) is 0 Å². The molecule has 0 aromatic carbocycles. The first-order valence-electron chi connectivity index (χ1n) is 8.89. The van der Waals surface area contributed by atoms with Gasteiger partial charge in [-0.15, -0.1) is 0 Å². The van der Waals surface area contributed by atoms with Gasteiger partial charge in [-0.25, -0.2) is 9.50 Å². The van der Waals surface area contributed by atoms with Crippen LogP contribution in [0.1, 0.15) is 40.2 Å². The van der Waals surface area contributed by atoms with Crippen LogP contribution in [0.5, 0.6) is 0 Å². The third kappa shape index (κ3) is 5.95. The van der Waals surface area contributed by atoms with Gasteiger partial charge in [0.25, 0.3) is 5.91 Å². The Morgan fingerprint density at radius 3 is 2.53 bits per heavy atom. The number of halogens is 6. The van der Waals surface area contributed by atoms with Gasteiger partial charge in [0.05, 0.1) is 31.1 Å². The SMILES string of the molecule is O=C(CCC(F)(F)F)NCc1cnn2cc(CNC(=O)c3conc3C(F)(F)F)nc2c1. The van der Waals surface area contributed by atoms with Gasteiger partial charge in [-0.1, -0.05) is 5.16 Å². The number of carbonyl (C=O) groups excluding carboxylic acids is 2. The average molecular weight is 464 g/mol. The summed E-state index contributed by atoms with van der Waals surface area (Å²) in [6.45, 7) is -0.305. The molecule has 0 saturated heterocycles. The van der Waals surface area contributed by atoms with E-state index in [1.807, 2.05) is 0 Å². The van der Waals surface area contributed by atoms with Gasteiger partial charge >= 0.3 is 12.4 Å². The molecule has 0 aliphatic heterocycles. The molecule has 0 saturated carbocycles. The molecule has 3 rings (SSSR count). The van der Waals surface area contributed by atoms with Crippen LogP contribution in [0.4, 0.5) is 26.3 Å². The number of amides is 2. The van der Waals surface area contributed by atoms with Gasteiger partial charge in [-0.2, -0.15) is 31.4 Å². The van der Waals surface area contributed by atoms with Gasteiger partial charge in [-0.05, 0) is 11.6 Å². The van der Waals surface area contributed by atoms with Crippen LogP contribution in [0, 0.1) is 0 Å². The predicted octanol–water partition coefficient (Wildman–Crippen LogP) is 2.62. The second-order valence-electron chi connectivity index (χ2n) is 6.55. The van der Waals surface area contributed by atoms with E-state index in [1.165, 1.54) is 23.0 Å². The Balaban J connectivity index is 1.59. The third-order valence-electron chi connectivity index (χ3n) is 4.06. The van der Waals surface area contributed by atoms with Crippen LogP contribution < -0.4 is 10.6 Å². The van der Waals surface area contributed by atoms with E-state index >= 15 is 0 Å². The molecule has 0 unspecified atom stereocenters. The van der Waals surface area contributed by atoms with Crippen LogP contribution in [0.15, 0.2) is 29.2 Å². The number of nitrogens with one attached hydrogen (secondary N) is 2. The third-order valence-corrected chi connectivity index (χ3v) is 4.06. The van der Waals surface area contributed by atoms with Crippen molar-refractivity contribution in [2.75, 3.05) is 0 Å². The van der Waals surface area contributed by atoms with Gasteiger partial charge in [0, 0.05) is 13.0 Å². The smallest absolute Gasteiger partial charge is 0.363 e. The van der Waals surface area contributed by atoms with E-state index in [1.54, 1.807) is 0 Å². The van der Waals surface area contributed by atoms with Gasteiger partial charge in [0.1, 0.15) is 11.8 Å². The summed E-state index contributed by atoms with van der Waals surface area (Å²) in [6.07, 6.45) is -7.86. The molecule has 2 amide bonds. The molecular formula is C17H14F6N6O3. The van der Waals surface area contributed by atoms with Gasteiger partial charge in [0.2, 0.25) is 5.91 Å². The molecule has 0 radical (unpaired) electrons. The summed E-state index contributed by atoms with van der Waals surface area (Å²) in [5, 5.41) is 11.4. The van der Waals surface area contributed by atoms with Crippen molar-refractivity contribution >= 4 is 17.5 Å². The highest BCUT2D eigenvalue weighted by molar-refractivity contribution is 5.95. The van der Waals surface area contributed by atoms with Gasteiger partial charge in [0.15, 0.2) is 11.3 Å². The Morgan fingerprint density at radius 1 is 1.09 bits per heavy atom. The molecule has 0 aliphatic carbocycles. The van der Waals surface area contributed by atoms with E-state index in [-0.39, 0.29) is 24.4 Å². The Bertz CT molecular complexity index is 1120. The number of carbonyl (C=O) groups is 2. The number of hydrogen-bond acceptors (Lipinski definition) is 6. The zero-order valence-corrected chi connectivity index (χ0v) is 15.9. The molecule has 2 N–H and O–H groups in total. The lowest BCUT2D eigenvalue weighted by Crippen LogP contribution is -2.25. The molecule has 3 heterocycles. The van der Waals surface area contributed by atoms with Gasteiger partial charge < -0.3 is 15.2 Å². The monoisotopic (exact) mass is 464 g/mol. The first kappa shape index (κ1) is 23.0. The fourth-order valence-electron chi connectivity index (χ4n) is 2.56. The molecule has 32 heavy (non-hydrogen) atoms. The lowest BCUT2D eigenvalue weighted by atomic mass is 10.2. The second-order valence-corrected chi connectivity index (χ2v) is 6.55. The summed E-state index contributed by atoms with van der Waals surface area (Å²) >= 11 is 0. The van der Waals surface area contributed by atoms with Crippen molar-refractivity contribution in [2.45, 2.75) is 38.3 Å². The highest BCUT2D eigenvalue weighted by Crippen LogP contribution is 2.30. The highest BCUT2D eigenvalue weighted by atomic mass is 19.4. The average Bonchev–Trinajstić information content (AvgIpc) is 3.34. The van der Waals surface area contributed by atoms with Crippen molar-refractivity contribution in [1.82, 2.24) is 30.4 Å². The minimum absolute atomic E-state index is 0.0766. The summed E-state index contributed by atoms with van der Waals surface area (Å²) in [5.41, 5.74) is -1.21. The van der Waals surface area contributed by atoms with Crippen LogP contribution in [0.3, 0.4) is 0 Å². The zero-order chi connectivity index (χ0) is 23.5. The second kappa shape index (κ2) is 8.84. The molecule has 9 nitrogen and oxygen atoms in total. The van der Waals surface area contributed by atoms with Crippen molar-refractivity contribution in [2.24, 2.45) is 0 Å². The minimum atomic E-state index is -4.86. The molecule has 0 spiro atoms. The van der Waals surface area contributed by atoms with Crippen molar-refractivity contribution in [1.29, 1.82) is 0 Å². The van der Waals surface area contributed by atoms with Crippen LogP contribution in [-0.2, 0) is 24.1 Å². The largest absolute Gasteiger partial charge is 0.437 e.